The zero-order valence-corrected chi connectivity index (χ0v) is 20.6. The molecule has 9 nitrogen and oxygen atoms in total. The highest BCUT2D eigenvalue weighted by Crippen LogP contribution is 2.32. The van der Waals surface area contributed by atoms with E-state index < -0.39 is 0 Å². The van der Waals surface area contributed by atoms with Crippen molar-refractivity contribution in [1.29, 1.82) is 0 Å². The van der Waals surface area contributed by atoms with Crippen LogP contribution in [0.4, 0.5) is 17.2 Å². The summed E-state index contributed by atoms with van der Waals surface area (Å²) in [7, 11) is 0. The number of hydrogen-bond donors (Lipinski definition) is 2. The minimum atomic E-state index is -0.0443. The molecule has 1 amide bonds. The number of nitrogens with one attached hydrogen (secondary N) is 2. The Balaban J connectivity index is 1.25. The van der Waals surface area contributed by atoms with E-state index in [1.165, 1.54) is 6.33 Å². The summed E-state index contributed by atoms with van der Waals surface area (Å²) in [5.41, 5.74) is 6.88. The average molecular weight is 501 g/mol. The predicted octanol–water partition coefficient (Wildman–Crippen LogP) is 4.09. The third kappa shape index (κ3) is 3.91. The quantitative estimate of drug-likeness (QED) is 0.426. The predicted molar refractivity (Wildman–Crippen MR) is 141 cm³/mol. The first-order valence-corrected chi connectivity index (χ1v) is 12.2. The Hall–Kier alpha value is -4.11. The largest absolute Gasteiger partial charge is 0.372 e. The third-order valence-electron chi connectivity index (χ3n) is 6.78. The van der Waals surface area contributed by atoms with Crippen LogP contribution in [0.1, 0.15) is 22.8 Å². The smallest absolute Gasteiger partial charge is 0.251 e. The van der Waals surface area contributed by atoms with E-state index >= 15 is 0 Å². The van der Waals surface area contributed by atoms with Gasteiger partial charge in [-0.1, -0.05) is 24.2 Å². The average Bonchev–Trinajstić information content (AvgIpc) is 3.53. The number of piperazine rings is 1. The van der Waals surface area contributed by atoms with E-state index in [1.54, 1.807) is 10.7 Å². The molecule has 10 heteroatoms. The molecule has 0 unspecified atom stereocenters. The topological polar surface area (TPSA) is 90.7 Å². The number of amides is 1. The van der Waals surface area contributed by atoms with Gasteiger partial charge in [-0.25, -0.2) is 14.5 Å². The van der Waals surface area contributed by atoms with Gasteiger partial charge < -0.3 is 20.4 Å². The molecule has 0 bridgehead atoms. The summed E-state index contributed by atoms with van der Waals surface area (Å²) in [6.07, 6.45) is 3.25. The van der Waals surface area contributed by atoms with Crippen molar-refractivity contribution >= 4 is 40.3 Å². The zero-order valence-electron chi connectivity index (χ0n) is 19.8. The van der Waals surface area contributed by atoms with Crippen LogP contribution in [-0.2, 0) is 6.54 Å². The number of aromatic nitrogens is 4. The van der Waals surface area contributed by atoms with E-state index in [4.69, 9.17) is 11.6 Å². The highest BCUT2D eigenvalue weighted by molar-refractivity contribution is 6.33. The fraction of sp³-hybridized carbons (Fsp3) is 0.231. The van der Waals surface area contributed by atoms with Gasteiger partial charge in [0.2, 0.25) is 0 Å². The van der Waals surface area contributed by atoms with E-state index in [-0.39, 0.29) is 5.91 Å². The van der Waals surface area contributed by atoms with Crippen molar-refractivity contribution < 1.29 is 4.79 Å². The van der Waals surface area contributed by atoms with E-state index in [1.807, 2.05) is 37.3 Å². The van der Waals surface area contributed by atoms with Crippen molar-refractivity contribution in [2.45, 2.75) is 13.5 Å². The Morgan fingerprint density at radius 2 is 1.94 bits per heavy atom. The van der Waals surface area contributed by atoms with Gasteiger partial charge >= 0.3 is 0 Å². The minimum absolute atomic E-state index is 0.0443. The number of benzene rings is 2. The number of anilines is 3. The van der Waals surface area contributed by atoms with Crippen molar-refractivity contribution in [3.05, 3.63) is 77.3 Å². The second-order valence-electron chi connectivity index (χ2n) is 9.04. The molecule has 36 heavy (non-hydrogen) atoms. The number of carbonyl (C=O) groups excluding carboxylic acids is 1. The summed E-state index contributed by atoms with van der Waals surface area (Å²) in [6, 6.07) is 11.7. The molecule has 4 aromatic rings. The van der Waals surface area contributed by atoms with Crippen molar-refractivity contribution in [2.24, 2.45) is 0 Å². The molecule has 0 saturated carbocycles. The SMILES string of the molecule is C=C(C)N1CCN(c2ccc(Nc3ncc(-c4ccc5c(c4)CNC5=O)n4ncnc34)c(Cl)c2)CC1. The van der Waals surface area contributed by atoms with E-state index in [2.05, 4.69) is 48.1 Å². The molecule has 2 aromatic heterocycles. The van der Waals surface area contributed by atoms with Crippen molar-refractivity contribution in [3.8, 4) is 11.3 Å². The maximum atomic E-state index is 11.9. The van der Waals surface area contributed by atoms with Crippen LogP contribution in [0.3, 0.4) is 0 Å². The van der Waals surface area contributed by atoms with Crippen molar-refractivity contribution in [3.63, 3.8) is 0 Å². The number of halogens is 1. The third-order valence-corrected chi connectivity index (χ3v) is 7.09. The van der Waals surface area contributed by atoms with Gasteiger partial charge in [0.1, 0.15) is 6.33 Å². The first kappa shape index (κ1) is 22.4. The summed E-state index contributed by atoms with van der Waals surface area (Å²) in [5.74, 6) is 0.510. The summed E-state index contributed by atoms with van der Waals surface area (Å²) in [5, 5.41) is 11.2. The molecular formula is C26H25ClN8O. The highest BCUT2D eigenvalue weighted by Gasteiger charge is 2.21. The van der Waals surface area contributed by atoms with Gasteiger partial charge in [-0.2, -0.15) is 5.10 Å². The molecule has 4 heterocycles. The zero-order chi connectivity index (χ0) is 24.8. The molecule has 2 aliphatic heterocycles. The highest BCUT2D eigenvalue weighted by atomic mass is 35.5. The Bertz CT molecular complexity index is 1510. The molecule has 6 rings (SSSR count). The van der Waals surface area contributed by atoms with Crippen LogP contribution in [0.2, 0.25) is 5.02 Å². The summed E-state index contributed by atoms with van der Waals surface area (Å²) >= 11 is 6.68. The molecule has 1 fully saturated rings. The second kappa shape index (κ2) is 8.83. The molecule has 2 aromatic carbocycles. The number of rotatable bonds is 5. The number of nitrogens with zero attached hydrogens (tertiary/aromatic N) is 6. The van der Waals surface area contributed by atoms with Gasteiger partial charge in [0.25, 0.3) is 5.91 Å². The van der Waals surface area contributed by atoms with Crippen LogP contribution >= 0.6 is 11.6 Å². The van der Waals surface area contributed by atoms with Gasteiger partial charge in [-0.3, -0.25) is 4.79 Å². The van der Waals surface area contributed by atoms with E-state index in [9.17, 15) is 4.79 Å². The van der Waals surface area contributed by atoms with Gasteiger partial charge in [-0.15, -0.1) is 0 Å². The fourth-order valence-corrected chi connectivity index (χ4v) is 4.99. The van der Waals surface area contributed by atoms with E-state index in [0.717, 1.165) is 60.1 Å². The van der Waals surface area contributed by atoms with Crippen molar-refractivity contribution in [2.75, 3.05) is 36.4 Å². The number of allylic oxidation sites excluding steroid dienone is 1. The van der Waals surface area contributed by atoms with Crippen LogP contribution in [0, 0.1) is 0 Å². The van der Waals surface area contributed by atoms with Crippen LogP contribution in [0.25, 0.3) is 16.9 Å². The summed E-state index contributed by atoms with van der Waals surface area (Å²) < 4.78 is 1.74. The molecule has 182 valence electrons. The summed E-state index contributed by atoms with van der Waals surface area (Å²) in [4.78, 5) is 25.6. The lowest BCUT2D eigenvalue weighted by Gasteiger charge is -2.37. The number of fused-ring (bicyclic) bond motifs is 2. The first-order valence-electron chi connectivity index (χ1n) is 11.8. The lowest BCUT2D eigenvalue weighted by atomic mass is 10.0. The maximum Gasteiger partial charge on any atom is 0.251 e. The standard InChI is InChI=1S/C26H25ClN8O/c1-16(2)33-7-9-34(10-8-33)19-4-6-22(21(27)12-19)32-24-25-30-15-31-35(25)23(14-28-24)17-3-5-20-18(11-17)13-29-26(20)36/h3-6,11-12,14-15H,1,7-10,13H2,2H3,(H,28,32)(H,29,36). The van der Waals surface area contributed by atoms with Gasteiger partial charge in [0.05, 0.1) is 22.6 Å². The molecule has 0 aliphatic carbocycles. The van der Waals surface area contributed by atoms with E-state index in [0.29, 0.717) is 28.6 Å². The van der Waals surface area contributed by atoms with Gasteiger partial charge in [-0.05, 0) is 42.8 Å². The molecular weight excluding hydrogens is 476 g/mol. The van der Waals surface area contributed by atoms with Crippen molar-refractivity contribution in [1.82, 2.24) is 29.8 Å². The van der Waals surface area contributed by atoms with Crippen LogP contribution in [0.5, 0.6) is 0 Å². The maximum absolute atomic E-state index is 11.9. The monoisotopic (exact) mass is 500 g/mol. The van der Waals surface area contributed by atoms with Crippen LogP contribution < -0.4 is 15.5 Å². The van der Waals surface area contributed by atoms with Crippen LogP contribution in [-0.4, -0.2) is 56.6 Å². The Kier molecular flexibility index (Phi) is 5.49. The molecule has 2 N–H and O–H groups in total. The summed E-state index contributed by atoms with van der Waals surface area (Å²) in [6.45, 7) is 10.4. The number of hydrogen-bond acceptors (Lipinski definition) is 7. The molecule has 0 atom stereocenters. The second-order valence-corrected chi connectivity index (χ2v) is 9.45. The lowest BCUT2D eigenvalue weighted by molar-refractivity contribution is 0.0965. The molecule has 2 aliphatic rings. The van der Waals surface area contributed by atoms with Crippen LogP contribution in [0.15, 0.2) is 61.2 Å². The lowest BCUT2D eigenvalue weighted by Crippen LogP contribution is -2.45. The Labute approximate surface area is 213 Å². The molecule has 0 spiro atoms. The number of carbonyl (C=O) groups is 1. The fourth-order valence-electron chi connectivity index (χ4n) is 4.77. The normalized spacial score (nSPS) is 15.2. The Morgan fingerprint density at radius 3 is 2.72 bits per heavy atom. The molecule has 0 radical (unpaired) electrons. The minimum Gasteiger partial charge on any atom is -0.372 e. The molecule has 1 saturated heterocycles. The Morgan fingerprint density at radius 1 is 1.11 bits per heavy atom. The van der Waals surface area contributed by atoms with Gasteiger partial charge in [0, 0.05) is 55.2 Å². The van der Waals surface area contributed by atoms with Gasteiger partial charge in [0.15, 0.2) is 11.5 Å². The first-order chi connectivity index (χ1) is 17.5.